The molecule has 1 saturated carbocycles. The zero-order chi connectivity index (χ0) is 19.0. The molecule has 0 spiro atoms. The summed E-state index contributed by atoms with van der Waals surface area (Å²) >= 11 is 0. The highest BCUT2D eigenvalue weighted by Gasteiger charge is 2.62. The minimum atomic E-state index is -1.09. The van der Waals surface area contributed by atoms with E-state index in [-0.39, 0.29) is 30.0 Å². The molecule has 8 heteroatoms. The fraction of sp³-hybridized carbons (Fsp3) is 0.556. The summed E-state index contributed by atoms with van der Waals surface area (Å²) in [7, 11) is 3.07. The van der Waals surface area contributed by atoms with Crippen molar-refractivity contribution in [2.24, 2.45) is 11.1 Å². The van der Waals surface area contributed by atoms with Crippen molar-refractivity contribution < 1.29 is 18.7 Å². The van der Waals surface area contributed by atoms with Crippen LogP contribution < -0.4 is 11.1 Å². The molecular weight excluding hydrogens is 361 g/mol. The SMILES string of the molecule is CCOC1CC(N)(C(=O)Nc2ccc(F)c(C(=O)N(C)C)c2)C1(C)C.Cl. The molecule has 2 atom stereocenters. The Labute approximate surface area is 159 Å². The lowest BCUT2D eigenvalue weighted by Gasteiger charge is -2.57. The number of hydrogen-bond acceptors (Lipinski definition) is 4. The molecule has 0 bridgehead atoms. The van der Waals surface area contributed by atoms with Crippen LogP contribution in [0.5, 0.6) is 0 Å². The molecule has 26 heavy (non-hydrogen) atoms. The van der Waals surface area contributed by atoms with E-state index in [1.165, 1.54) is 31.1 Å². The van der Waals surface area contributed by atoms with Gasteiger partial charge in [-0.15, -0.1) is 12.4 Å². The van der Waals surface area contributed by atoms with Gasteiger partial charge in [-0.25, -0.2) is 4.39 Å². The highest BCUT2D eigenvalue weighted by atomic mass is 35.5. The lowest BCUT2D eigenvalue weighted by atomic mass is 9.54. The largest absolute Gasteiger partial charge is 0.378 e. The molecule has 1 aromatic rings. The first-order chi connectivity index (χ1) is 11.5. The average molecular weight is 388 g/mol. The summed E-state index contributed by atoms with van der Waals surface area (Å²) < 4.78 is 19.5. The first-order valence-electron chi connectivity index (χ1n) is 8.27. The van der Waals surface area contributed by atoms with Gasteiger partial charge in [-0.05, 0) is 25.1 Å². The highest BCUT2D eigenvalue weighted by molar-refractivity contribution is 6.01. The Kier molecular flexibility index (Phi) is 6.79. The van der Waals surface area contributed by atoms with E-state index in [9.17, 15) is 14.0 Å². The van der Waals surface area contributed by atoms with Crippen LogP contribution in [-0.4, -0.2) is 49.1 Å². The first-order valence-corrected chi connectivity index (χ1v) is 8.27. The maximum Gasteiger partial charge on any atom is 0.256 e. The molecule has 0 aromatic heterocycles. The van der Waals surface area contributed by atoms with Crippen molar-refractivity contribution >= 4 is 29.9 Å². The number of carbonyl (C=O) groups is 2. The number of rotatable bonds is 5. The smallest absolute Gasteiger partial charge is 0.256 e. The molecule has 0 saturated heterocycles. The molecule has 0 heterocycles. The number of anilines is 1. The third kappa shape index (κ3) is 3.70. The molecule has 0 radical (unpaired) electrons. The van der Waals surface area contributed by atoms with Crippen LogP contribution in [0.2, 0.25) is 0 Å². The highest BCUT2D eigenvalue weighted by Crippen LogP contribution is 2.50. The molecule has 3 N–H and O–H groups in total. The lowest BCUT2D eigenvalue weighted by molar-refractivity contribution is -0.166. The van der Waals surface area contributed by atoms with Gasteiger partial charge >= 0.3 is 0 Å². The summed E-state index contributed by atoms with van der Waals surface area (Å²) in [4.78, 5) is 26.0. The molecule has 6 nitrogen and oxygen atoms in total. The zero-order valence-electron chi connectivity index (χ0n) is 15.8. The van der Waals surface area contributed by atoms with Crippen molar-refractivity contribution in [3.63, 3.8) is 0 Å². The summed E-state index contributed by atoms with van der Waals surface area (Å²) in [6, 6.07) is 3.89. The van der Waals surface area contributed by atoms with Crippen molar-refractivity contribution in [3.05, 3.63) is 29.6 Å². The number of carbonyl (C=O) groups excluding carboxylic acids is 2. The number of nitrogens with two attached hydrogens (primary N) is 1. The van der Waals surface area contributed by atoms with Gasteiger partial charge in [0.25, 0.3) is 5.91 Å². The summed E-state index contributed by atoms with van der Waals surface area (Å²) in [6.07, 6.45) is 0.317. The Morgan fingerprint density at radius 1 is 1.38 bits per heavy atom. The fourth-order valence-corrected chi connectivity index (χ4v) is 3.07. The quantitative estimate of drug-likeness (QED) is 0.812. The fourth-order valence-electron chi connectivity index (χ4n) is 3.07. The second-order valence-electron chi connectivity index (χ2n) is 7.19. The van der Waals surface area contributed by atoms with E-state index >= 15 is 0 Å². The van der Waals surface area contributed by atoms with Crippen LogP contribution in [0.1, 0.15) is 37.6 Å². The van der Waals surface area contributed by atoms with Gasteiger partial charge in [0.1, 0.15) is 11.4 Å². The minimum absolute atomic E-state index is 0. The summed E-state index contributed by atoms with van der Waals surface area (Å²) in [5, 5.41) is 2.71. The topological polar surface area (TPSA) is 84.7 Å². The van der Waals surface area contributed by atoms with Crippen LogP contribution >= 0.6 is 12.4 Å². The summed E-state index contributed by atoms with van der Waals surface area (Å²) in [5.41, 5.74) is 4.93. The number of nitrogens with zero attached hydrogens (tertiary/aromatic N) is 1. The van der Waals surface area contributed by atoms with E-state index in [0.717, 1.165) is 6.07 Å². The number of amides is 2. The third-order valence-electron chi connectivity index (χ3n) is 5.10. The molecule has 0 aliphatic heterocycles. The van der Waals surface area contributed by atoms with Gasteiger partial charge in [-0.2, -0.15) is 0 Å². The van der Waals surface area contributed by atoms with E-state index in [1.54, 1.807) is 0 Å². The predicted molar refractivity (Wildman–Crippen MR) is 101 cm³/mol. The average Bonchev–Trinajstić information content (AvgIpc) is 2.55. The summed E-state index contributed by atoms with van der Waals surface area (Å²) in [5.74, 6) is -1.49. The molecule has 1 aliphatic rings. The van der Waals surface area contributed by atoms with Crippen LogP contribution in [0, 0.1) is 11.2 Å². The Morgan fingerprint density at radius 2 is 2.00 bits per heavy atom. The number of ether oxygens (including phenoxy) is 1. The van der Waals surface area contributed by atoms with Gasteiger partial charge in [-0.1, -0.05) is 13.8 Å². The van der Waals surface area contributed by atoms with E-state index < -0.39 is 22.7 Å². The maximum atomic E-state index is 13.9. The Bertz CT molecular complexity index is 696. The second-order valence-corrected chi connectivity index (χ2v) is 7.19. The van der Waals surface area contributed by atoms with Crippen molar-refractivity contribution in [2.75, 3.05) is 26.0 Å². The molecule has 2 amide bonds. The number of nitrogens with one attached hydrogen (secondary N) is 1. The van der Waals surface area contributed by atoms with Gasteiger partial charge in [0.15, 0.2) is 0 Å². The van der Waals surface area contributed by atoms with E-state index in [0.29, 0.717) is 18.7 Å². The first kappa shape index (κ1) is 22.3. The number of halogens is 2. The Balaban J connectivity index is 0.00000338. The van der Waals surface area contributed by atoms with Gasteiger partial charge in [0.2, 0.25) is 5.91 Å². The third-order valence-corrected chi connectivity index (χ3v) is 5.10. The second kappa shape index (κ2) is 7.90. The van der Waals surface area contributed by atoms with Crippen LogP contribution in [0.4, 0.5) is 10.1 Å². The van der Waals surface area contributed by atoms with E-state index in [4.69, 9.17) is 10.5 Å². The molecule has 1 aromatic carbocycles. The van der Waals surface area contributed by atoms with Crippen LogP contribution in [-0.2, 0) is 9.53 Å². The molecule has 1 fully saturated rings. The normalized spacial score (nSPS) is 23.4. The van der Waals surface area contributed by atoms with Crippen LogP contribution in [0.3, 0.4) is 0 Å². The van der Waals surface area contributed by atoms with Gasteiger partial charge in [0.05, 0.1) is 11.7 Å². The summed E-state index contributed by atoms with van der Waals surface area (Å²) in [6.45, 7) is 6.23. The Hall–Kier alpha value is -1.70. The van der Waals surface area contributed by atoms with Crippen molar-refractivity contribution in [1.29, 1.82) is 0 Å². The molecule has 2 unspecified atom stereocenters. The zero-order valence-corrected chi connectivity index (χ0v) is 16.6. The van der Waals surface area contributed by atoms with Crippen molar-refractivity contribution in [3.8, 4) is 0 Å². The van der Waals surface area contributed by atoms with Crippen molar-refractivity contribution in [1.82, 2.24) is 4.90 Å². The standard InChI is InChI=1S/C18H26FN3O3.ClH/c1-6-25-14-10-18(20,17(14,2)3)16(24)21-11-7-8-13(19)12(9-11)15(23)22(4)5;/h7-9,14H,6,10,20H2,1-5H3,(H,21,24);1H. The number of hydrogen-bond donors (Lipinski definition) is 2. The molecule has 2 rings (SSSR count). The van der Waals surface area contributed by atoms with Crippen LogP contribution in [0.15, 0.2) is 18.2 Å². The van der Waals surface area contributed by atoms with Gasteiger partial charge in [-0.3, -0.25) is 9.59 Å². The van der Waals surface area contributed by atoms with Gasteiger partial charge in [0, 0.05) is 38.2 Å². The number of benzene rings is 1. The predicted octanol–water partition coefficient (Wildman–Crippen LogP) is 2.42. The van der Waals surface area contributed by atoms with Gasteiger partial charge < -0.3 is 20.7 Å². The lowest BCUT2D eigenvalue weighted by Crippen LogP contribution is -2.74. The molecular formula is C18H27ClFN3O3. The molecule has 1 aliphatic carbocycles. The monoisotopic (exact) mass is 387 g/mol. The Morgan fingerprint density at radius 3 is 2.50 bits per heavy atom. The van der Waals surface area contributed by atoms with Crippen LogP contribution in [0.25, 0.3) is 0 Å². The van der Waals surface area contributed by atoms with E-state index in [1.807, 2.05) is 20.8 Å². The van der Waals surface area contributed by atoms with Crippen molar-refractivity contribution in [2.45, 2.75) is 38.8 Å². The van der Waals surface area contributed by atoms with E-state index in [2.05, 4.69) is 5.32 Å². The molecule has 146 valence electrons. The minimum Gasteiger partial charge on any atom is -0.378 e. The maximum absolute atomic E-state index is 13.9.